The minimum absolute atomic E-state index is 0.122. The lowest BCUT2D eigenvalue weighted by Crippen LogP contribution is -2.29. The molecule has 0 unspecified atom stereocenters. The Morgan fingerprint density at radius 1 is 1.35 bits per heavy atom. The molecule has 1 amide bonds. The van der Waals surface area contributed by atoms with Crippen LogP contribution < -0.4 is 4.90 Å². The third kappa shape index (κ3) is 3.35. The van der Waals surface area contributed by atoms with Gasteiger partial charge in [0.25, 0.3) is 0 Å². The summed E-state index contributed by atoms with van der Waals surface area (Å²) in [5, 5.41) is 4.05. The second-order valence-corrected chi connectivity index (χ2v) is 5.37. The Balaban J connectivity index is 1.63. The maximum absolute atomic E-state index is 12.7. The van der Waals surface area contributed by atoms with Crippen molar-refractivity contribution in [1.29, 1.82) is 0 Å². The van der Waals surface area contributed by atoms with Gasteiger partial charge in [0.1, 0.15) is 5.82 Å². The van der Waals surface area contributed by atoms with Crippen molar-refractivity contribution in [2.75, 3.05) is 11.4 Å². The molecular weight excluding hydrogens is 309 g/mol. The van der Waals surface area contributed by atoms with Gasteiger partial charge in [0.2, 0.25) is 5.91 Å². The van der Waals surface area contributed by atoms with E-state index in [9.17, 15) is 18.0 Å². The Kier molecular flexibility index (Phi) is 4.06. The van der Waals surface area contributed by atoms with Crippen molar-refractivity contribution >= 4 is 11.7 Å². The van der Waals surface area contributed by atoms with Crippen molar-refractivity contribution in [3.8, 4) is 0 Å². The van der Waals surface area contributed by atoms with Crippen LogP contribution in [0.3, 0.4) is 0 Å². The summed E-state index contributed by atoms with van der Waals surface area (Å²) in [5.41, 5.74) is -0.301. The van der Waals surface area contributed by atoms with Crippen LogP contribution in [0, 0.1) is 0 Å². The molecule has 0 bridgehead atoms. The Morgan fingerprint density at radius 3 is 2.87 bits per heavy atom. The van der Waals surface area contributed by atoms with E-state index in [0.29, 0.717) is 43.7 Å². The Morgan fingerprint density at radius 2 is 2.17 bits per heavy atom. The highest BCUT2D eigenvalue weighted by molar-refractivity contribution is 5.94. The van der Waals surface area contributed by atoms with Gasteiger partial charge in [-0.3, -0.25) is 14.4 Å². The Bertz CT molecular complexity index is 697. The highest BCUT2D eigenvalue weighted by Gasteiger charge is 2.34. The van der Waals surface area contributed by atoms with E-state index in [1.165, 1.54) is 4.90 Å². The zero-order valence-corrected chi connectivity index (χ0v) is 12.3. The molecule has 5 nitrogen and oxygen atoms in total. The average molecular weight is 324 g/mol. The van der Waals surface area contributed by atoms with E-state index < -0.39 is 11.7 Å². The van der Waals surface area contributed by atoms with Gasteiger partial charge in [-0.15, -0.1) is 0 Å². The molecule has 2 aromatic heterocycles. The third-order valence-corrected chi connectivity index (χ3v) is 3.77. The fourth-order valence-electron chi connectivity index (χ4n) is 2.63. The van der Waals surface area contributed by atoms with Gasteiger partial charge in [0.15, 0.2) is 0 Å². The molecule has 0 spiro atoms. The lowest BCUT2D eigenvalue weighted by Gasteiger charge is -2.16. The second-order valence-electron chi connectivity index (χ2n) is 5.37. The fraction of sp³-hybridized carbons (Fsp3) is 0.400. The van der Waals surface area contributed by atoms with Gasteiger partial charge in [0.05, 0.1) is 5.56 Å². The maximum atomic E-state index is 12.7. The summed E-state index contributed by atoms with van der Waals surface area (Å²) >= 11 is 0. The number of anilines is 1. The van der Waals surface area contributed by atoms with Crippen LogP contribution in [0.5, 0.6) is 0 Å². The summed E-state index contributed by atoms with van der Waals surface area (Å²) in [6.07, 6.45) is 1.18. The molecule has 0 atom stereocenters. The predicted molar refractivity (Wildman–Crippen MR) is 76.8 cm³/mol. The molecule has 122 valence electrons. The largest absolute Gasteiger partial charge is 0.417 e. The smallest absolute Gasteiger partial charge is 0.296 e. The number of hydrogen-bond donors (Lipinski definition) is 0. The van der Waals surface area contributed by atoms with Crippen LogP contribution in [0.1, 0.15) is 24.0 Å². The van der Waals surface area contributed by atoms with E-state index >= 15 is 0 Å². The van der Waals surface area contributed by atoms with Crippen LogP contribution in [0.15, 0.2) is 30.7 Å². The number of carbonyl (C=O) groups is 1. The lowest BCUT2D eigenvalue weighted by molar-refractivity contribution is -0.137. The molecule has 1 aliphatic rings. The minimum atomic E-state index is -4.41. The quantitative estimate of drug-likeness (QED) is 0.869. The second kappa shape index (κ2) is 6.02. The number of fused-ring (bicyclic) bond motifs is 1. The van der Waals surface area contributed by atoms with Gasteiger partial charge in [0, 0.05) is 38.1 Å². The molecule has 0 fully saturated rings. The predicted octanol–water partition coefficient (Wildman–Crippen LogP) is 2.67. The zero-order chi connectivity index (χ0) is 16.4. The van der Waals surface area contributed by atoms with E-state index in [1.807, 2.05) is 6.20 Å². The van der Waals surface area contributed by atoms with Crippen LogP contribution in [0.4, 0.5) is 19.0 Å². The van der Waals surface area contributed by atoms with Crippen LogP contribution in [-0.2, 0) is 23.9 Å². The van der Waals surface area contributed by atoms with Crippen LogP contribution in [0.25, 0.3) is 0 Å². The molecular formula is C15H15F3N4O. The summed E-state index contributed by atoms with van der Waals surface area (Å²) in [7, 11) is 0. The average Bonchev–Trinajstić information content (AvgIpc) is 3.14. The summed E-state index contributed by atoms with van der Waals surface area (Å²) in [4.78, 5) is 17.6. The summed E-state index contributed by atoms with van der Waals surface area (Å²) in [5.74, 6) is 0.227. The number of rotatable bonds is 4. The van der Waals surface area contributed by atoms with Gasteiger partial charge in [-0.25, -0.2) is 4.98 Å². The molecule has 1 aliphatic heterocycles. The fourth-order valence-corrected chi connectivity index (χ4v) is 2.63. The number of hydrogen-bond acceptors (Lipinski definition) is 3. The Hall–Kier alpha value is -2.38. The van der Waals surface area contributed by atoms with E-state index in [2.05, 4.69) is 10.1 Å². The summed E-state index contributed by atoms with van der Waals surface area (Å²) in [6.45, 7) is 1.00. The number of halogens is 3. The van der Waals surface area contributed by atoms with Crippen molar-refractivity contribution in [1.82, 2.24) is 14.8 Å². The normalized spacial score (nSPS) is 14.1. The highest BCUT2D eigenvalue weighted by Crippen LogP contribution is 2.34. The number of aryl methyl sites for hydroxylation is 1. The van der Waals surface area contributed by atoms with Crippen molar-refractivity contribution in [2.45, 2.75) is 32.0 Å². The van der Waals surface area contributed by atoms with Gasteiger partial charge in [-0.05, 0) is 30.5 Å². The van der Waals surface area contributed by atoms with Crippen molar-refractivity contribution < 1.29 is 18.0 Å². The van der Waals surface area contributed by atoms with E-state index in [0.717, 1.165) is 12.3 Å². The van der Waals surface area contributed by atoms with Gasteiger partial charge < -0.3 is 0 Å². The molecule has 0 radical (unpaired) electrons. The molecule has 0 aliphatic carbocycles. The first-order valence-electron chi connectivity index (χ1n) is 7.29. The molecule has 0 N–H and O–H groups in total. The van der Waals surface area contributed by atoms with Gasteiger partial charge >= 0.3 is 6.18 Å². The van der Waals surface area contributed by atoms with Crippen LogP contribution in [0.2, 0.25) is 0 Å². The van der Waals surface area contributed by atoms with Gasteiger partial charge in [-0.2, -0.15) is 18.3 Å². The standard InChI is InChI=1S/C15H15F3N4O/c16-15(17,18)12-9-11-4-8-22(14(11)19-10-12)13(23)3-1-6-21-7-2-5-20-21/h2,5,7,9-10H,1,3-4,6,8H2. The molecule has 2 aromatic rings. The van der Waals surface area contributed by atoms with E-state index in [4.69, 9.17) is 0 Å². The number of alkyl halides is 3. The molecule has 3 rings (SSSR count). The van der Waals surface area contributed by atoms with Crippen molar-refractivity contribution in [3.63, 3.8) is 0 Å². The van der Waals surface area contributed by atoms with Crippen molar-refractivity contribution in [3.05, 3.63) is 41.9 Å². The first kappa shape index (κ1) is 15.5. The third-order valence-electron chi connectivity index (χ3n) is 3.77. The lowest BCUT2D eigenvalue weighted by atomic mass is 10.1. The SMILES string of the molecule is O=C(CCCn1cccn1)N1CCc2cc(C(F)(F)F)cnc21. The number of aromatic nitrogens is 3. The summed E-state index contributed by atoms with van der Waals surface area (Å²) in [6, 6.07) is 2.89. The topological polar surface area (TPSA) is 51.0 Å². The number of carbonyl (C=O) groups excluding carboxylic acids is 1. The molecule has 8 heteroatoms. The van der Waals surface area contributed by atoms with E-state index in [-0.39, 0.29) is 5.91 Å². The number of nitrogens with zero attached hydrogens (tertiary/aromatic N) is 4. The molecule has 0 saturated carbocycles. The van der Waals surface area contributed by atoms with Crippen LogP contribution in [-0.4, -0.2) is 27.2 Å². The Labute approximate surface area is 130 Å². The molecule has 23 heavy (non-hydrogen) atoms. The van der Waals surface area contributed by atoms with E-state index in [1.54, 1.807) is 16.9 Å². The summed E-state index contributed by atoms with van der Waals surface area (Å²) < 4.78 is 39.8. The first-order chi connectivity index (χ1) is 10.9. The number of amides is 1. The highest BCUT2D eigenvalue weighted by atomic mass is 19.4. The maximum Gasteiger partial charge on any atom is 0.417 e. The molecule has 0 aromatic carbocycles. The molecule has 3 heterocycles. The van der Waals surface area contributed by atoms with Crippen LogP contribution >= 0.6 is 0 Å². The monoisotopic (exact) mass is 324 g/mol. The zero-order valence-electron chi connectivity index (χ0n) is 12.3. The number of pyridine rings is 1. The minimum Gasteiger partial charge on any atom is -0.296 e. The van der Waals surface area contributed by atoms with Crippen molar-refractivity contribution in [2.24, 2.45) is 0 Å². The molecule has 0 saturated heterocycles. The first-order valence-corrected chi connectivity index (χ1v) is 7.29. The van der Waals surface area contributed by atoms with Gasteiger partial charge in [-0.1, -0.05) is 0 Å².